The molecular formula is C31H39N3O7. The predicted octanol–water partition coefficient (Wildman–Crippen LogP) is 2.86. The first-order valence-electron chi connectivity index (χ1n) is 13.9. The minimum absolute atomic E-state index is 0.222. The molecule has 3 N–H and O–H groups in total. The Balaban J connectivity index is 1.58. The maximum absolute atomic E-state index is 14.0. The first kappa shape index (κ1) is 30.0. The van der Waals surface area contributed by atoms with E-state index in [2.05, 4.69) is 5.32 Å². The second-order valence-electron chi connectivity index (χ2n) is 11.9. The van der Waals surface area contributed by atoms with E-state index in [1.807, 2.05) is 54.6 Å². The maximum Gasteiger partial charge on any atom is 0.411 e. The van der Waals surface area contributed by atoms with Crippen LogP contribution in [0.4, 0.5) is 4.79 Å². The Kier molecular flexibility index (Phi) is 8.72. The molecule has 1 saturated heterocycles. The Morgan fingerprint density at radius 3 is 2.12 bits per heavy atom. The van der Waals surface area contributed by atoms with Crippen molar-refractivity contribution in [2.75, 3.05) is 13.1 Å². The van der Waals surface area contributed by atoms with Gasteiger partial charge in [0, 0.05) is 19.5 Å². The van der Waals surface area contributed by atoms with Crippen molar-refractivity contribution < 1.29 is 34.1 Å². The highest BCUT2D eigenvalue weighted by atomic mass is 16.6. The highest BCUT2D eigenvalue weighted by molar-refractivity contribution is 5.92. The molecule has 2 aliphatic heterocycles. The summed E-state index contributed by atoms with van der Waals surface area (Å²) in [5, 5.41) is 22.0. The number of fused-ring (bicyclic) bond motifs is 1. The quantitative estimate of drug-likeness (QED) is 0.490. The molecule has 2 heterocycles. The molecule has 2 aliphatic rings. The summed E-state index contributed by atoms with van der Waals surface area (Å²) in [6.45, 7) is 7.37. The molecule has 10 nitrogen and oxygen atoms in total. The molecule has 3 atom stereocenters. The molecule has 2 aromatic rings. The van der Waals surface area contributed by atoms with Crippen molar-refractivity contribution in [2.45, 2.75) is 82.7 Å². The van der Waals surface area contributed by atoms with Gasteiger partial charge in [-0.1, -0.05) is 54.6 Å². The number of rotatable bonds is 6. The molecule has 10 heteroatoms. The number of benzene rings is 2. The first-order valence-corrected chi connectivity index (χ1v) is 13.9. The van der Waals surface area contributed by atoms with Crippen molar-refractivity contribution in [3.63, 3.8) is 0 Å². The van der Waals surface area contributed by atoms with Gasteiger partial charge in [0.25, 0.3) is 0 Å². The lowest BCUT2D eigenvalue weighted by Crippen LogP contribution is -2.60. The number of carbonyl (C=O) groups excluding carboxylic acids is 3. The van der Waals surface area contributed by atoms with E-state index in [0.29, 0.717) is 12.0 Å². The van der Waals surface area contributed by atoms with Crippen LogP contribution in [0.2, 0.25) is 0 Å². The minimum atomic E-state index is -1.47. The largest absolute Gasteiger partial charge is 0.480 e. The van der Waals surface area contributed by atoms with Crippen LogP contribution in [-0.2, 0) is 37.5 Å². The van der Waals surface area contributed by atoms with Gasteiger partial charge in [-0.05, 0) is 57.2 Å². The molecule has 0 bridgehead atoms. The zero-order chi connectivity index (χ0) is 29.9. The third-order valence-electron chi connectivity index (χ3n) is 7.89. The number of carboxylic acid groups (broad SMARTS) is 1. The van der Waals surface area contributed by atoms with Gasteiger partial charge in [0.05, 0.1) is 18.1 Å². The van der Waals surface area contributed by atoms with Gasteiger partial charge in [0.15, 0.2) is 6.04 Å². The van der Waals surface area contributed by atoms with Gasteiger partial charge in [0.2, 0.25) is 11.8 Å². The smallest absolute Gasteiger partial charge is 0.411 e. The summed E-state index contributed by atoms with van der Waals surface area (Å²) in [6.07, 6.45) is -1.01. The van der Waals surface area contributed by atoms with Crippen LogP contribution >= 0.6 is 0 Å². The predicted molar refractivity (Wildman–Crippen MR) is 151 cm³/mol. The molecular weight excluding hydrogens is 526 g/mol. The molecule has 0 aromatic heterocycles. The molecule has 4 rings (SSSR count). The third kappa shape index (κ3) is 6.53. The number of carboxylic acids is 1. The molecule has 1 fully saturated rings. The number of likely N-dealkylation sites (tertiary alicyclic amines) is 1. The van der Waals surface area contributed by atoms with E-state index in [1.165, 1.54) is 11.8 Å². The van der Waals surface area contributed by atoms with E-state index in [1.54, 1.807) is 25.7 Å². The van der Waals surface area contributed by atoms with Crippen molar-refractivity contribution in [2.24, 2.45) is 0 Å². The van der Waals surface area contributed by atoms with E-state index in [-0.39, 0.29) is 38.4 Å². The summed E-state index contributed by atoms with van der Waals surface area (Å²) in [6, 6.07) is 14.6. The normalized spacial score (nSPS) is 19.9. The monoisotopic (exact) mass is 565 g/mol. The standard InChI is InChI=1S/C31H39N3O7/c1-20(35)25(27(37)38)32-28(39)31(23-12-6-5-7-13-23)14-16-33(17-15-31)26(36)24-18-21-10-8-9-11-22(21)19-34(24)29(40)41-30(2,3)4/h5-13,20,24-25,35H,14-19H2,1-4H3,(H,32,39)(H,37,38)/t20-,24+,25-/m1/s1. The van der Waals surface area contributed by atoms with Gasteiger partial charge < -0.3 is 25.2 Å². The summed E-state index contributed by atoms with van der Waals surface area (Å²) in [5.74, 6) is -2.06. The lowest BCUT2D eigenvalue weighted by Gasteiger charge is -2.44. The van der Waals surface area contributed by atoms with Crippen LogP contribution in [0.5, 0.6) is 0 Å². The number of nitrogens with one attached hydrogen (secondary N) is 1. The topological polar surface area (TPSA) is 136 Å². The summed E-state index contributed by atoms with van der Waals surface area (Å²) in [5.41, 5.74) is 0.853. The van der Waals surface area contributed by atoms with Crippen molar-refractivity contribution >= 4 is 23.9 Å². The van der Waals surface area contributed by atoms with Gasteiger partial charge in [-0.3, -0.25) is 14.5 Å². The number of aliphatic hydroxyl groups excluding tert-OH is 1. The average Bonchev–Trinajstić information content (AvgIpc) is 2.94. The number of piperidine rings is 1. The molecule has 0 unspecified atom stereocenters. The number of amides is 3. The second-order valence-corrected chi connectivity index (χ2v) is 11.9. The highest BCUT2D eigenvalue weighted by Crippen LogP contribution is 2.37. The number of ether oxygens (including phenoxy) is 1. The van der Waals surface area contributed by atoms with E-state index < -0.39 is 47.2 Å². The van der Waals surface area contributed by atoms with Crippen LogP contribution in [0, 0.1) is 0 Å². The van der Waals surface area contributed by atoms with Crippen molar-refractivity contribution in [3.05, 3.63) is 71.3 Å². The van der Waals surface area contributed by atoms with E-state index in [9.17, 15) is 29.4 Å². The molecule has 0 saturated carbocycles. The first-order chi connectivity index (χ1) is 19.3. The average molecular weight is 566 g/mol. The van der Waals surface area contributed by atoms with E-state index in [0.717, 1.165) is 11.1 Å². The van der Waals surface area contributed by atoms with E-state index >= 15 is 0 Å². The fraction of sp³-hybridized carbons (Fsp3) is 0.484. The van der Waals surface area contributed by atoms with Gasteiger partial charge in [-0.15, -0.1) is 0 Å². The van der Waals surface area contributed by atoms with Gasteiger partial charge in [-0.25, -0.2) is 9.59 Å². The van der Waals surface area contributed by atoms with Gasteiger partial charge in [0.1, 0.15) is 11.6 Å². The highest BCUT2D eigenvalue weighted by Gasteiger charge is 2.47. The van der Waals surface area contributed by atoms with Crippen LogP contribution < -0.4 is 5.32 Å². The fourth-order valence-corrected chi connectivity index (χ4v) is 5.65. The SMILES string of the molecule is C[C@@H](O)[C@@H](NC(=O)C1(c2ccccc2)CCN(C(=O)[C@@H]2Cc3ccccc3CN2C(=O)OC(C)(C)C)CC1)C(=O)O. The van der Waals surface area contributed by atoms with Crippen molar-refractivity contribution in [3.8, 4) is 0 Å². The van der Waals surface area contributed by atoms with Gasteiger partial charge in [-0.2, -0.15) is 0 Å². The summed E-state index contributed by atoms with van der Waals surface area (Å²) >= 11 is 0. The van der Waals surface area contributed by atoms with Crippen LogP contribution in [0.25, 0.3) is 0 Å². The lowest BCUT2D eigenvalue weighted by atomic mass is 9.71. The fourth-order valence-electron chi connectivity index (χ4n) is 5.65. The number of carbonyl (C=O) groups is 4. The Morgan fingerprint density at radius 1 is 0.976 bits per heavy atom. The maximum atomic E-state index is 14.0. The van der Waals surface area contributed by atoms with Crippen LogP contribution in [-0.4, -0.2) is 80.8 Å². The Labute approximate surface area is 240 Å². The third-order valence-corrected chi connectivity index (χ3v) is 7.89. The van der Waals surface area contributed by atoms with Crippen LogP contribution in [0.1, 0.15) is 57.2 Å². The number of aliphatic hydroxyl groups is 1. The number of aliphatic carboxylic acids is 1. The Morgan fingerprint density at radius 2 is 1.56 bits per heavy atom. The van der Waals surface area contributed by atoms with Gasteiger partial charge >= 0.3 is 12.1 Å². The summed E-state index contributed by atoms with van der Waals surface area (Å²) in [7, 11) is 0. The molecule has 0 spiro atoms. The molecule has 0 aliphatic carbocycles. The van der Waals surface area contributed by atoms with Crippen LogP contribution in [0.3, 0.4) is 0 Å². The number of nitrogens with zero attached hydrogens (tertiary/aromatic N) is 2. The second kappa shape index (κ2) is 11.9. The zero-order valence-corrected chi connectivity index (χ0v) is 24.0. The zero-order valence-electron chi connectivity index (χ0n) is 24.0. The van der Waals surface area contributed by atoms with E-state index in [4.69, 9.17) is 4.74 Å². The van der Waals surface area contributed by atoms with Crippen molar-refractivity contribution in [1.82, 2.24) is 15.1 Å². The number of hydrogen-bond acceptors (Lipinski definition) is 6. The summed E-state index contributed by atoms with van der Waals surface area (Å²) < 4.78 is 5.65. The van der Waals surface area contributed by atoms with Crippen molar-refractivity contribution in [1.29, 1.82) is 0 Å². The molecule has 220 valence electrons. The number of hydrogen-bond donors (Lipinski definition) is 3. The van der Waals surface area contributed by atoms with Crippen LogP contribution in [0.15, 0.2) is 54.6 Å². The summed E-state index contributed by atoms with van der Waals surface area (Å²) in [4.78, 5) is 55.7. The lowest BCUT2D eigenvalue weighted by molar-refractivity contribution is -0.147. The molecule has 2 aromatic carbocycles. The molecule has 0 radical (unpaired) electrons. The minimum Gasteiger partial charge on any atom is -0.480 e. The Bertz CT molecular complexity index is 1280. The molecule has 3 amide bonds. The molecule has 41 heavy (non-hydrogen) atoms. The Hall–Kier alpha value is -3.92.